The van der Waals surface area contributed by atoms with Crippen molar-refractivity contribution in [2.45, 2.75) is 18.7 Å². The van der Waals surface area contributed by atoms with E-state index in [0.29, 0.717) is 5.75 Å². The number of rotatable bonds is 4. The summed E-state index contributed by atoms with van der Waals surface area (Å²) in [5.41, 5.74) is 2.99. The van der Waals surface area contributed by atoms with E-state index < -0.39 is 0 Å². The van der Waals surface area contributed by atoms with Gasteiger partial charge in [0, 0.05) is 23.7 Å². The van der Waals surface area contributed by atoms with Crippen LogP contribution < -0.4 is 0 Å². The van der Waals surface area contributed by atoms with Crippen molar-refractivity contribution in [3.05, 3.63) is 47.3 Å². The monoisotopic (exact) mass is 260 g/mol. The van der Waals surface area contributed by atoms with Crippen LogP contribution in [0, 0.1) is 13.8 Å². The fourth-order valence-corrected chi connectivity index (χ4v) is 2.54. The van der Waals surface area contributed by atoms with Crippen LogP contribution in [-0.4, -0.2) is 21.3 Å². The van der Waals surface area contributed by atoms with E-state index in [1.54, 1.807) is 10.9 Å². The molecule has 18 heavy (non-hydrogen) atoms. The molecule has 0 spiro atoms. The van der Waals surface area contributed by atoms with Crippen molar-refractivity contribution in [3.63, 3.8) is 0 Å². The van der Waals surface area contributed by atoms with E-state index in [2.05, 4.69) is 5.10 Å². The van der Waals surface area contributed by atoms with Crippen molar-refractivity contribution in [1.82, 2.24) is 9.78 Å². The van der Waals surface area contributed by atoms with E-state index in [-0.39, 0.29) is 5.78 Å². The van der Waals surface area contributed by atoms with Gasteiger partial charge in [-0.05, 0) is 25.5 Å². The summed E-state index contributed by atoms with van der Waals surface area (Å²) in [6, 6.07) is 5.99. The third-order valence-electron chi connectivity index (χ3n) is 2.74. The SMILES string of the molecule is Cc1ccc(C)c(C(=O)CSc2cnn(C)c2)c1. The highest BCUT2D eigenvalue weighted by Gasteiger charge is 2.10. The Morgan fingerprint density at radius 1 is 1.39 bits per heavy atom. The van der Waals surface area contributed by atoms with Crippen molar-refractivity contribution in [1.29, 1.82) is 0 Å². The Morgan fingerprint density at radius 2 is 2.17 bits per heavy atom. The van der Waals surface area contributed by atoms with Gasteiger partial charge in [0.15, 0.2) is 5.78 Å². The maximum atomic E-state index is 12.1. The first-order valence-electron chi connectivity index (χ1n) is 5.78. The average molecular weight is 260 g/mol. The highest BCUT2D eigenvalue weighted by molar-refractivity contribution is 8.00. The number of nitrogens with zero attached hydrogens (tertiary/aromatic N) is 2. The number of ketones is 1. The molecule has 0 saturated heterocycles. The van der Waals surface area contributed by atoms with Crippen LogP contribution in [0.1, 0.15) is 21.5 Å². The number of aromatic nitrogens is 2. The first kappa shape index (κ1) is 12.9. The molecule has 0 N–H and O–H groups in total. The zero-order valence-electron chi connectivity index (χ0n) is 10.8. The van der Waals surface area contributed by atoms with E-state index in [4.69, 9.17) is 0 Å². The molecule has 0 atom stereocenters. The van der Waals surface area contributed by atoms with Crippen molar-refractivity contribution >= 4 is 17.5 Å². The molecule has 0 bridgehead atoms. The lowest BCUT2D eigenvalue weighted by Gasteiger charge is -2.05. The molecule has 0 fully saturated rings. The lowest BCUT2D eigenvalue weighted by Crippen LogP contribution is -2.05. The Bertz CT molecular complexity index is 575. The molecule has 0 aliphatic rings. The van der Waals surface area contributed by atoms with Crippen LogP contribution in [0.15, 0.2) is 35.5 Å². The molecule has 0 amide bonds. The summed E-state index contributed by atoms with van der Waals surface area (Å²) in [4.78, 5) is 13.2. The van der Waals surface area contributed by atoms with Crippen LogP contribution in [0.4, 0.5) is 0 Å². The number of Topliss-reactive ketones (excluding diaryl/α,β-unsaturated/α-hetero) is 1. The first-order chi connectivity index (χ1) is 8.56. The van der Waals surface area contributed by atoms with Crippen molar-refractivity contribution in [2.75, 3.05) is 5.75 Å². The van der Waals surface area contributed by atoms with Gasteiger partial charge in [-0.25, -0.2) is 0 Å². The molecular formula is C14H16N2OS. The summed E-state index contributed by atoms with van der Waals surface area (Å²) in [6.45, 7) is 3.98. The van der Waals surface area contributed by atoms with E-state index in [9.17, 15) is 4.79 Å². The molecule has 94 valence electrons. The van der Waals surface area contributed by atoms with Crippen molar-refractivity contribution < 1.29 is 4.79 Å². The van der Waals surface area contributed by atoms with Gasteiger partial charge in [0.1, 0.15) is 0 Å². The molecule has 1 heterocycles. The van der Waals surface area contributed by atoms with Crippen molar-refractivity contribution in [3.8, 4) is 0 Å². The fraction of sp³-hybridized carbons (Fsp3) is 0.286. The molecule has 0 saturated carbocycles. The Balaban J connectivity index is 2.05. The summed E-state index contributed by atoms with van der Waals surface area (Å²) < 4.78 is 1.74. The third-order valence-corrected chi connectivity index (χ3v) is 3.70. The number of carbonyl (C=O) groups excluding carboxylic acids is 1. The predicted molar refractivity (Wildman–Crippen MR) is 74.2 cm³/mol. The second-order valence-corrected chi connectivity index (χ2v) is 5.43. The zero-order chi connectivity index (χ0) is 13.1. The summed E-state index contributed by atoms with van der Waals surface area (Å²) >= 11 is 1.53. The Morgan fingerprint density at radius 3 is 2.83 bits per heavy atom. The van der Waals surface area contributed by atoms with Crippen LogP contribution >= 0.6 is 11.8 Å². The van der Waals surface area contributed by atoms with Crippen LogP contribution in [0.25, 0.3) is 0 Å². The number of carbonyl (C=O) groups is 1. The highest BCUT2D eigenvalue weighted by atomic mass is 32.2. The number of hydrogen-bond acceptors (Lipinski definition) is 3. The van der Waals surface area contributed by atoms with Crippen LogP contribution in [0.3, 0.4) is 0 Å². The smallest absolute Gasteiger partial charge is 0.173 e. The second-order valence-electron chi connectivity index (χ2n) is 4.38. The molecule has 0 unspecified atom stereocenters. The molecule has 0 aliphatic carbocycles. The fourth-order valence-electron chi connectivity index (χ4n) is 1.74. The topological polar surface area (TPSA) is 34.9 Å². The van der Waals surface area contributed by atoms with E-state index in [1.807, 2.05) is 45.3 Å². The quantitative estimate of drug-likeness (QED) is 0.626. The third kappa shape index (κ3) is 3.01. The molecule has 0 aliphatic heterocycles. The second kappa shape index (κ2) is 5.40. The first-order valence-corrected chi connectivity index (χ1v) is 6.77. The minimum atomic E-state index is 0.171. The van der Waals surface area contributed by atoms with Gasteiger partial charge in [-0.15, -0.1) is 11.8 Å². The maximum absolute atomic E-state index is 12.1. The van der Waals surface area contributed by atoms with Crippen LogP contribution in [0.5, 0.6) is 0 Å². The highest BCUT2D eigenvalue weighted by Crippen LogP contribution is 2.19. The lowest BCUT2D eigenvalue weighted by molar-refractivity contribution is 0.102. The lowest BCUT2D eigenvalue weighted by atomic mass is 10.0. The van der Waals surface area contributed by atoms with E-state index >= 15 is 0 Å². The molecule has 4 heteroatoms. The number of thioether (sulfide) groups is 1. The largest absolute Gasteiger partial charge is 0.293 e. The maximum Gasteiger partial charge on any atom is 0.173 e. The van der Waals surface area contributed by atoms with Crippen molar-refractivity contribution in [2.24, 2.45) is 7.05 Å². The average Bonchev–Trinajstić information content (AvgIpc) is 2.75. The molecule has 3 nitrogen and oxygen atoms in total. The van der Waals surface area contributed by atoms with Gasteiger partial charge in [-0.3, -0.25) is 9.48 Å². The Kier molecular flexibility index (Phi) is 3.87. The van der Waals surface area contributed by atoms with Gasteiger partial charge < -0.3 is 0 Å². The summed E-state index contributed by atoms with van der Waals surface area (Å²) in [5.74, 6) is 0.626. The minimum absolute atomic E-state index is 0.171. The van der Waals surface area contributed by atoms with Gasteiger partial charge in [0.2, 0.25) is 0 Å². The zero-order valence-corrected chi connectivity index (χ0v) is 11.6. The predicted octanol–water partition coefficient (Wildman–Crippen LogP) is 3.01. The van der Waals surface area contributed by atoms with Gasteiger partial charge >= 0.3 is 0 Å². The van der Waals surface area contributed by atoms with E-state index in [0.717, 1.165) is 21.6 Å². The summed E-state index contributed by atoms with van der Waals surface area (Å²) in [7, 11) is 1.87. The Hall–Kier alpha value is -1.55. The summed E-state index contributed by atoms with van der Waals surface area (Å²) in [6.07, 6.45) is 3.70. The normalized spacial score (nSPS) is 10.6. The number of aryl methyl sites for hydroxylation is 3. The molecular weight excluding hydrogens is 244 g/mol. The molecule has 2 rings (SSSR count). The number of benzene rings is 1. The Labute approximate surface area is 111 Å². The van der Waals surface area contributed by atoms with Gasteiger partial charge in [-0.1, -0.05) is 17.7 Å². The van der Waals surface area contributed by atoms with Gasteiger partial charge in [-0.2, -0.15) is 5.10 Å². The molecule has 0 radical (unpaired) electrons. The standard InChI is InChI=1S/C14H16N2OS/c1-10-4-5-11(2)13(6-10)14(17)9-18-12-7-15-16(3)8-12/h4-8H,9H2,1-3H3. The molecule has 1 aromatic heterocycles. The minimum Gasteiger partial charge on any atom is -0.293 e. The van der Waals surface area contributed by atoms with Crippen LogP contribution in [0.2, 0.25) is 0 Å². The van der Waals surface area contributed by atoms with Crippen LogP contribution in [-0.2, 0) is 7.05 Å². The molecule has 1 aromatic carbocycles. The number of hydrogen-bond donors (Lipinski definition) is 0. The van der Waals surface area contributed by atoms with E-state index in [1.165, 1.54) is 11.8 Å². The molecule has 2 aromatic rings. The van der Waals surface area contributed by atoms with Gasteiger partial charge in [0.25, 0.3) is 0 Å². The van der Waals surface area contributed by atoms with Gasteiger partial charge in [0.05, 0.1) is 11.9 Å². The summed E-state index contributed by atoms with van der Waals surface area (Å²) in [5, 5.41) is 4.08.